The third-order valence-corrected chi connectivity index (χ3v) is 1.40. The number of aliphatic hydroxyl groups is 1. The van der Waals surface area contributed by atoms with Crippen molar-refractivity contribution in [1.82, 2.24) is 0 Å². The predicted octanol–water partition coefficient (Wildman–Crippen LogP) is 2.19. The van der Waals surface area contributed by atoms with Crippen LogP contribution in [0.4, 0.5) is 0 Å². The van der Waals surface area contributed by atoms with Crippen molar-refractivity contribution < 1.29 is 5.11 Å². The van der Waals surface area contributed by atoms with E-state index in [4.69, 9.17) is 5.11 Å². The van der Waals surface area contributed by atoms with Crippen LogP contribution in [-0.4, -0.2) is 11.2 Å². The molecule has 0 aromatic carbocycles. The molecular weight excluding hydrogens is 112 g/mol. The molecule has 0 saturated heterocycles. The molecule has 0 aromatic rings. The van der Waals surface area contributed by atoms with E-state index in [1.165, 1.54) is 6.42 Å². The minimum atomic E-state index is -0.108. The molecule has 0 amide bonds. The van der Waals surface area contributed by atoms with E-state index in [2.05, 4.69) is 13.8 Å². The molecular formula is C8H18O. The number of hydrogen-bond donors (Lipinski definition) is 1. The summed E-state index contributed by atoms with van der Waals surface area (Å²) in [5.41, 5.74) is 0. The maximum Gasteiger partial charge on any atom is 0.0512 e. The first-order valence-corrected chi connectivity index (χ1v) is 3.81. The molecule has 0 aliphatic heterocycles. The van der Waals surface area contributed by atoms with Crippen LogP contribution in [0.25, 0.3) is 0 Å². The van der Waals surface area contributed by atoms with Gasteiger partial charge in [0.2, 0.25) is 0 Å². The zero-order valence-electron chi connectivity index (χ0n) is 6.72. The van der Waals surface area contributed by atoms with E-state index < -0.39 is 0 Å². The summed E-state index contributed by atoms with van der Waals surface area (Å²) in [5.74, 6) is 0.781. The minimum Gasteiger partial charge on any atom is -0.393 e. The van der Waals surface area contributed by atoms with Crippen molar-refractivity contribution in [3.8, 4) is 0 Å². The van der Waals surface area contributed by atoms with E-state index in [0.29, 0.717) is 0 Å². The lowest BCUT2D eigenvalue weighted by atomic mass is 10.1. The Morgan fingerprint density at radius 1 is 1.11 bits per heavy atom. The van der Waals surface area contributed by atoms with Gasteiger partial charge in [0.15, 0.2) is 0 Å². The maximum absolute atomic E-state index is 8.87. The molecule has 0 heterocycles. The largest absolute Gasteiger partial charge is 0.393 e. The van der Waals surface area contributed by atoms with Crippen molar-refractivity contribution in [3.05, 3.63) is 0 Å². The molecule has 0 unspecified atom stereocenters. The highest BCUT2D eigenvalue weighted by Gasteiger charge is 1.96. The Morgan fingerprint density at radius 2 is 1.67 bits per heavy atom. The topological polar surface area (TPSA) is 20.2 Å². The van der Waals surface area contributed by atoms with Crippen LogP contribution in [0.1, 0.15) is 40.0 Å². The number of rotatable bonds is 4. The quantitative estimate of drug-likeness (QED) is 0.618. The van der Waals surface area contributed by atoms with E-state index >= 15 is 0 Å². The lowest BCUT2D eigenvalue weighted by molar-refractivity contribution is 0.179. The summed E-state index contributed by atoms with van der Waals surface area (Å²) in [7, 11) is 0. The zero-order valence-corrected chi connectivity index (χ0v) is 6.72. The average Bonchev–Trinajstić information content (AvgIpc) is 1.63. The molecule has 1 atom stereocenters. The lowest BCUT2D eigenvalue weighted by Gasteiger charge is -2.05. The smallest absolute Gasteiger partial charge is 0.0512 e. The Kier molecular flexibility index (Phi) is 4.78. The van der Waals surface area contributed by atoms with Crippen LogP contribution in [-0.2, 0) is 0 Å². The zero-order chi connectivity index (χ0) is 7.28. The molecule has 1 nitrogen and oxygen atoms in total. The van der Waals surface area contributed by atoms with Crippen LogP contribution in [0.3, 0.4) is 0 Å². The molecule has 0 aliphatic rings. The second kappa shape index (κ2) is 4.80. The first-order chi connectivity index (χ1) is 4.13. The van der Waals surface area contributed by atoms with Gasteiger partial charge in [0.05, 0.1) is 6.10 Å². The van der Waals surface area contributed by atoms with E-state index in [1.807, 2.05) is 6.92 Å². The van der Waals surface area contributed by atoms with Crippen molar-refractivity contribution in [3.63, 3.8) is 0 Å². The monoisotopic (exact) mass is 130 g/mol. The van der Waals surface area contributed by atoms with E-state index in [9.17, 15) is 0 Å². The Hall–Kier alpha value is -0.0400. The van der Waals surface area contributed by atoms with Gasteiger partial charge in [0.25, 0.3) is 0 Å². The summed E-state index contributed by atoms with van der Waals surface area (Å²) in [6.45, 7) is 6.27. The second-order valence-electron chi connectivity index (χ2n) is 3.17. The number of aliphatic hydroxyl groups excluding tert-OH is 1. The molecule has 0 aliphatic carbocycles. The summed E-state index contributed by atoms with van der Waals surface area (Å²) in [6, 6.07) is 0. The fourth-order valence-corrected chi connectivity index (χ4v) is 0.822. The van der Waals surface area contributed by atoms with E-state index in [0.717, 1.165) is 18.8 Å². The highest BCUT2D eigenvalue weighted by molar-refractivity contribution is 4.50. The van der Waals surface area contributed by atoms with Gasteiger partial charge >= 0.3 is 0 Å². The standard InChI is InChI=1S/C8H18O/c1-7(2)5-4-6-8(3)9/h7-9H,4-6H2,1-3H3/t8-/m1/s1. The first-order valence-electron chi connectivity index (χ1n) is 3.81. The Balaban J connectivity index is 2.91. The maximum atomic E-state index is 8.87. The third-order valence-electron chi connectivity index (χ3n) is 1.40. The van der Waals surface area contributed by atoms with Crippen LogP contribution in [0, 0.1) is 5.92 Å². The molecule has 0 bridgehead atoms. The number of hydrogen-bond acceptors (Lipinski definition) is 1. The third kappa shape index (κ3) is 7.96. The average molecular weight is 130 g/mol. The molecule has 0 rings (SSSR count). The molecule has 0 saturated carbocycles. The molecule has 0 fully saturated rings. The van der Waals surface area contributed by atoms with Gasteiger partial charge < -0.3 is 5.11 Å². The summed E-state index contributed by atoms with van der Waals surface area (Å²) < 4.78 is 0. The van der Waals surface area contributed by atoms with Crippen molar-refractivity contribution >= 4 is 0 Å². The van der Waals surface area contributed by atoms with Crippen LogP contribution in [0.5, 0.6) is 0 Å². The van der Waals surface area contributed by atoms with Crippen LogP contribution < -0.4 is 0 Å². The minimum absolute atomic E-state index is 0.108. The van der Waals surface area contributed by atoms with Gasteiger partial charge in [-0.2, -0.15) is 0 Å². The fraction of sp³-hybridized carbons (Fsp3) is 1.00. The second-order valence-corrected chi connectivity index (χ2v) is 3.17. The molecule has 56 valence electrons. The normalized spacial score (nSPS) is 14.3. The van der Waals surface area contributed by atoms with Gasteiger partial charge in [-0.1, -0.05) is 26.7 Å². The molecule has 1 N–H and O–H groups in total. The van der Waals surface area contributed by atoms with Crippen LogP contribution in [0.15, 0.2) is 0 Å². The van der Waals surface area contributed by atoms with Crippen molar-refractivity contribution in [1.29, 1.82) is 0 Å². The predicted molar refractivity (Wildman–Crippen MR) is 40.4 cm³/mol. The molecule has 0 radical (unpaired) electrons. The van der Waals surface area contributed by atoms with Crippen LogP contribution >= 0.6 is 0 Å². The molecule has 1 heteroatoms. The van der Waals surface area contributed by atoms with Crippen LogP contribution in [0.2, 0.25) is 0 Å². The summed E-state index contributed by atoms with van der Waals surface area (Å²) in [4.78, 5) is 0. The van der Waals surface area contributed by atoms with E-state index in [-0.39, 0.29) is 6.10 Å². The Labute approximate surface area is 58.1 Å². The fourth-order valence-electron chi connectivity index (χ4n) is 0.822. The SMILES string of the molecule is CC(C)CCC[C@@H](C)O. The van der Waals surface area contributed by atoms with Crippen molar-refractivity contribution in [2.75, 3.05) is 0 Å². The summed E-state index contributed by atoms with van der Waals surface area (Å²) >= 11 is 0. The summed E-state index contributed by atoms with van der Waals surface area (Å²) in [5, 5.41) is 8.87. The summed E-state index contributed by atoms with van der Waals surface area (Å²) in [6.07, 6.45) is 3.25. The Bertz CT molecular complexity index is 49.6. The molecule has 9 heavy (non-hydrogen) atoms. The van der Waals surface area contributed by atoms with Gasteiger partial charge in [-0.15, -0.1) is 0 Å². The van der Waals surface area contributed by atoms with Crippen molar-refractivity contribution in [2.24, 2.45) is 5.92 Å². The van der Waals surface area contributed by atoms with Gasteiger partial charge in [0, 0.05) is 0 Å². The van der Waals surface area contributed by atoms with Gasteiger partial charge in [-0.05, 0) is 19.3 Å². The van der Waals surface area contributed by atoms with Gasteiger partial charge in [0.1, 0.15) is 0 Å². The van der Waals surface area contributed by atoms with E-state index in [1.54, 1.807) is 0 Å². The highest BCUT2D eigenvalue weighted by Crippen LogP contribution is 2.07. The highest BCUT2D eigenvalue weighted by atomic mass is 16.3. The van der Waals surface area contributed by atoms with Crippen molar-refractivity contribution in [2.45, 2.75) is 46.1 Å². The molecule has 0 aromatic heterocycles. The lowest BCUT2D eigenvalue weighted by Crippen LogP contribution is -1.99. The first kappa shape index (κ1) is 8.96. The molecule has 0 spiro atoms. The Morgan fingerprint density at radius 3 is 2.00 bits per heavy atom. The van der Waals surface area contributed by atoms with Gasteiger partial charge in [-0.3, -0.25) is 0 Å². The van der Waals surface area contributed by atoms with Gasteiger partial charge in [-0.25, -0.2) is 0 Å².